The zero-order valence-corrected chi connectivity index (χ0v) is 13.9. The minimum absolute atomic E-state index is 0. The molecular formula is C8H6Na2O7. The number of hydrogen-bond donors (Lipinski definition) is 0. The number of hydrogen-bond acceptors (Lipinski definition) is 7. The van der Waals surface area contributed by atoms with Gasteiger partial charge in [0, 0.05) is 0 Å². The van der Waals surface area contributed by atoms with Crippen LogP contribution in [0, 0.1) is 0 Å². The average Bonchev–Trinajstić information content (AvgIpc) is 2.54. The molecule has 0 bridgehead atoms. The van der Waals surface area contributed by atoms with Crippen molar-refractivity contribution in [2.45, 2.75) is 0 Å². The molecule has 0 saturated heterocycles. The van der Waals surface area contributed by atoms with Crippen LogP contribution in [0.15, 0.2) is 4.42 Å². The zero-order valence-electron chi connectivity index (χ0n) is 9.86. The summed E-state index contributed by atoms with van der Waals surface area (Å²) in [4.78, 5) is 21.8. The maximum absolute atomic E-state index is 11.1. The summed E-state index contributed by atoms with van der Waals surface area (Å²) in [5, 5.41) is 22.2. The van der Waals surface area contributed by atoms with Gasteiger partial charge in [-0.2, -0.15) is 0 Å². The molecule has 0 N–H and O–H groups in total. The van der Waals surface area contributed by atoms with E-state index in [1.165, 1.54) is 0 Å². The Labute approximate surface area is 141 Å². The largest absolute Gasteiger partial charge is 1.00 e. The first-order chi connectivity index (χ1) is 7.02. The molecule has 1 aromatic rings. The van der Waals surface area contributed by atoms with Gasteiger partial charge in [0.2, 0.25) is 11.5 Å². The smallest absolute Gasteiger partial charge is 0.870 e. The molecule has 0 radical (unpaired) electrons. The van der Waals surface area contributed by atoms with E-state index in [0.29, 0.717) is 0 Å². The minimum Gasteiger partial charge on any atom is -0.870 e. The van der Waals surface area contributed by atoms with E-state index in [-0.39, 0.29) is 59.1 Å². The number of methoxy groups -OCH3 is 2. The molecule has 9 heteroatoms. The molecule has 0 aliphatic rings. The van der Waals surface area contributed by atoms with Crippen LogP contribution in [0.5, 0.6) is 11.5 Å². The van der Waals surface area contributed by atoms with Gasteiger partial charge in [0.15, 0.2) is 0 Å². The van der Waals surface area contributed by atoms with E-state index in [1.54, 1.807) is 0 Å². The molecule has 0 atom stereocenters. The van der Waals surface area contributed by atoms with E-state index in [2.05, 4.69) is 13.9 Å². The van der Waals surface area contributed by atoms with Crippen LogP contribution in [0.25, 0.3) is 0 Å². The van der Waals surface area contributed by atoms with Crippen molar-refractivity contribution in [3.63, 3.8) is 0 Å². The van der Waals surface area contributed by atoms with Gasteiger partial charge in [-0.1, -0.05) is 11.5 Å². The third-order valence-corrected chi connectivity index (χ3v) is 1.56. The monoisotopic (exact) mass is 260 g/mol. The Bertz CT molecular complexity index is 376. The summed E-state index contributed by atoms with van der Waals surface area (Å²) in [6.07, 6.45) is 0. The van der Waals surface area contributed by atoms with E-state index in [4.69, 9.17) is 0 Å². The van der Waals surface area contributed by atoms with Gasteiger partial charge in [0.1, 0.15) is 0 Å². The van der Waals surface area contributed by atoms with Crippen LogP contribution in [0.1, 0.15) is 21.1 Å². The summed E-state index contributed by atoms with van der Waals surface area (Å²) in [6.45, 7) is 0. The van der Waals surface area contributed by atoms with Crippen LogP contribution in [-0.2, 0) is 9.47 Å². The summed E-state index contributed by atoms with van der Waals surface area (Å²) in [7, 11) is 2.01. The molecule has 82 valence electrons. The molecule has 7 nitrogen and oxygen atoms in total. The Hall–Kier alpha value is -0.180. The van der Waals surface area contributed by atoms with E-state index in [1.807, 2.05) is 0 Å². The van der Waals surface area contributed by atoms with Gasteiger partial charge in [0.25, 0.3) is 0 Å². The van der Waals surface area contributed by atoms with Crippen molar-refractivity contribution in [2.75, 3.05) is 14.2 Å². The second-order valence-corrected chi connectivity index (χ2v) is 2.40. The van der Waals surface area contributed by atoms with Gasteiger partial charge in [0.05, 0.1) is 14.2 Å². The average molecular weight is 260 g/mol. The van der Waals surface area contributed by atoms with Crippen LogP contribution in [0.3, 0.4) is 0 Å². The first-order valence-electron chi connectivity index (χ1n) is 3.70. The Balaban J connectivity index is 0. The summed E-state index contributed by atoms with van der Waals surface area (Å²) in [5.41, 5.74) is 0. The number of carbonyl (C=O) groups is 2. The number of rotatable bonds is 2. The van der Waals surface area contributed by atoms with Gasteiger partial charge < -0.3 is 24.1 Å². The van der Waals surface area contributed by atoms with Gasteiger partial charge in [-0.25, -0.2) is 9.59 Å². The first-order valence-corrected chi connectivity index (χ1v) is 3.70. The zero-order chi connectivity index (χ0) is 11.6. The normalized spacial score (nSPS) is 8.59. The Morgan fingerprint density at radius 2 is 1.24 bits per heavy atom. The van der Waals surface area contributed by atoms with Crippen LogP contribution >= 0.6 is 0 Å². The molecule has 0 aromatic carbocycles. The van der Waals surface area contributed by atoms with Gasteiger partial charge in [-0.3, -0.25) is 0 Å². The van der Waals surface area contributed by atoms with Crippen molar-refractivity contribution < 1.29 is 92.8 Å². The number of ether oxygens (including phenoxy) is 2. The fourth-order valence-electron chi connectivity index (χ4n) is 0.855. The van der Waals surface area contributed by atoms with Gasteiger partial charge in [-0.15, -0.1) is 0 Å². The number of esters is 2. The van der Waals surface area contributed by atoms with E-state index in [0.717, 1.165) is 14.2 Å². The fourth-order valence-corrected chi connectivity index (χ4v) is 0.855. The van der Waals surface area contributed by atoms with Crippen LogP contribution in [0.2, 0.25) is 0 Å². The maximum atomic E-state index is 11.1. The van der Waals surface area contributed by atoms with Crippen LogP contribution in [0.4, 0.5) is 0 Å². The molecule has 0 fully saturated rings. The third kappa shape index (κ3) is 3.90. The molecule has 0 amide bonds. The van der Waals surface area contributed by atoms with Crippen molar-refractivity contribution in [3.05, 3.63) is 11.5 Å². The van der Waals surface area contributed by atoms with E-state index in [9.17, 15) is 19.8 Å². The maximum Gasteiger partial charge on any atom is 1.00 e. The molecule has 0 aliphatic heterocycles. The van der Waals surface area contributed by atoms with Crippen LogP contribution in [-0.4, -0.2) is 26.2 Å². The predicted octanol–water partition coefficient (Wildman–Crippen LogP) is -6.99. The summed E-state index contributed by atoms with van der Waals surface area (Å²) >= 11 is 0. The van der Waals surface area contributed by atoms with Gasteiger partial charge in [-0.05, 0) is 0 Å². The van der Waals surface area contributed by atoms with Crippen molar-refractivity contribution in [1.82, 2.24) is 0 Å². The fraction of sp³-hybridized carbons (Fsp3) is 0.250. The Kier molecular flexibility index (Phi) is 9.04. The Morgan fingerprint density at radius 1 is 0.941 bits per heavy atom. The molecule has 0 spiro atoms. The molecule has 0 saturated carbocycles. The molecule has 1 aromatic heterocycles. The van der Waals surface area contributed by atoms with Crippen molar-refractivity contribution in [1.29, 1.82) is 0 Å². The van der Waals surface area contributed by atoms with E-state index < -0.39 is 35.0 Å². The summed E-state index contributed by atoms with van der Waals surface area (Å²) in [6, 6.07) is 0. The molecule has 0 unspecified atom stereocenters. The van der Waals surface area contributed by atoms with Crippen molar-refractivity contribution in [3.8, 4) is 11.5 Å². The second kappa shape index (κ2) is 8.02. The number of carbonyl (C=O) groups excluding carboxylic acids is 2. The quantitative estimate of drug-likeness (QED) is 0.383. The predicted molar refractivity (Wildman–Crippen MR) is 40.3 cm³/mol. The van der Waals surface area contributed by atoms with Crippen molar-refractivity contribution in [2.24, 2.45) is 0 Å². The first kappa shape index (κ1) is 19.2. The topological polar surface area (TPSA) is 112 Å². The van der Waals surface area contributed by atoms with Crippen LogP contribution < -0.4 is 69.3 Å². The Morgan fingerprint density at radius 3 is 1.47 bits per heavy atom. The molecule has 1 heterocycles. The molecular weight excluding hydrogens is 254 g/mol. The van der Waals surface area contributed by atoms with Gasteiger partial charge >= 0.3 is 71.1 Å². The molecule has 17 heavy (non-hydrogen) atoms. The summed E-state index contributed by atoms with van der Waals surface area (Å²) < 4.78 is 12.8. The standard InChI is InChI=1S/C8H8O7.2Na/c1-13-7(11)5-3(9)4(10)6(15-5)8(12)14-2;;/h9-10H,1-2H3;;/q;2*+1/p-2. The number of furan rings is 1. The van der Waals surface area contributed by atoms with Crippen molar-refractivity contribution >= 4 is 11.9 Å². The third-order valence-electron chi connectivity index (χ3n) is 1.56. The molecule has 0 aliphatic carbocycles. The van der Waals surface area contributed by atoms with E-state index >= 15 is 0 Å². The minimum atomic E-state index is -1.22. The second-order valence-electron chi connectivity index (χ2n) is 2.40. The summed E-state index contributed by atoms with van der Waals surface area (Å²) in [5.74, 6) is -6.34. The SMILES string of the molecule is COC(=O)c1oc(C(=O)OC)c([O-])c1[O-].[Na+].[Na+]. The molecule has 1 rings (SSSR count).